The van der Waals surface area contributed by atoms with Gasteiger partial charge in [0.15, 0.2) is 0 Å². The third-order valence-electron chi connectivity index (χ3n) is 4.35. The molecule has 0 aromatic heterocycles. The Morgan fingerprint density at radius 1 is 1.22 bits per heavy atom. The molecule has 0 bridgehead atoms. The first kappa shape index (κ1) is 13.8. The van der Waals surface area contributed by atoms with Gasteiger partial charge in [-0.3, -0.25) is 4.79 Å². The summed E-state index contributed by atoms with van der Waals surface area (Å²) in [6, 6.07) is 0.717. The van der Waals surface area contributed by atoms with Crippen molar-refractivity contribution in [2.24, 2.45) is 0 Å². The van der Waals surface area contributed by atoms with E-state index in [1.165, 1.54) is 32.1 Å². The van der Waals surface area contributed by atoms with Crippen LogP contribution in [-0.4, -0.2) is 61.5 Å². The van der Waals surface area contributed by atoms with Crippen molar-refractivity contribution in [1.29, 1.82) is 0 Å². The van der Waals surface area contributed by atoms with Gasteiger partial charge >= 0.3 is 0 Å². The van der Waals surface area contributed by atoms with E-state index in [1.807, 2.05) is 4.90 Å². The van der Waals surface area contributed by atoms with Crippen LogP contribution in [0.2, 0.25) is 0 Å². The third-order valence-corrected chi connectivity index (χ3v) is 4.35. The van der Waals surface area contributed by atoms with E-state index < -0.39 is 0 Å². The molecule has 2 rings (SSSR count). The monoisotopic (exact) mass is 253 g/mol. The van der Waals surface area contributed by atoms with Gasteiger partial charge in [0.25, 0.3) is 0 Å². The molecule has 1 heterocycles. The number of nitrogens with zero attached hydrogens (tertiary/aromatic N) is 2. The second-order valence-corrected chi connectivity index (χ2v) is 5.65. The highest BCUT2D eigenvalue weighted by molar-refractivity contribution is 5.76. The van der Waals surface area contributed by atoms with E-state index in [1.54, 1.807) is 0 Å². The molecule has 0 spiro atoms. The lowest BCUT2D eigenvalue weighted by atomic mass is 9.94. The van der Waals surface area contributed by atoms with Gasteiger partial charge in [0.2, 0.25) is 5.91 Å². The van der Waals surface area contributed by atoms with Gasteiger partial charge in [0.1, 0.15) is 0 Å². The molecular weight excluding hydrogens is 226 g/mol. The molecule has 104 valence electrons. The first-order valence-electron chi connectivity index (χ1n) is 7.46. The highest BCUT2D eigenvalue weighted by atomic mass is 16.2. The van der Waals surface area contributed by atoms with Crippen molar-refractivity contribution in [3.8, 4) is 0 Å². The first-order chi connectivity index (χ1) is 8.77. The van der Waals surface area contributed by atoms with E-state index in [4.69, 9.17) is 0 Å². The number of hydrogen-bond acceptors (Lipinski definition) is 3. The van der Waals surface area contributed by atoms with Crippen LogP contribution in [0.4, 0.5) is 0 Å². The largest absolute Gasteiger partial charge is 0.340 e. The topological polar surface area (TPSA) is 35.6 Å². The predicted octanol–water partition coefficient (Wildman–Crippen LogP) is 1.07. The molecule has 1 aliphatic heterocycles. The van der Waals surface area contributed by atoms with Crippen LogP contribution in [0.25, 0.3) is 0 Å². The molecule has 0 aromatic carbocycles. The van der Waals surface area contributed by atoms with Crippen molar-refractivity contribution < 1.29 is 4.79 Å². The molecule has 2 aliphatic rings. The van der Waals surface area contributed by atoms with Crippen LogP contribution in [0.15, 0.2) is 0 Å². The van der Waals surface area contributed by atoms with Crippen LogP contribution >= 0.6 is 0 Å². The summed E-state index contributed by atoms with van der Waals surface area (Å²) < 4.78 is 0. The number of amides is 1. The molecule has 1 saturated heterocycles. The van der Waals surface area contributed by atoms with Gasteiger partial charge in [-0.1, -0.05) is 19.3 Å². The molecular formula is C14H27N3O. The molecule has 1 aliphatic carbocycles. The lowest BCUT2D eigenvalue weighted by Gasteiger charge is -2.32. The summed E-state index contributed by atoms with van der Waals surface area (Å²) in [6.45, 7) is 4.58. The van der Waals surface area contributed by atoms with E-state index in [2.05, 4.69) is 17.3 Å². The normalized spacial score (nSPS) is 22.4. The minimum atomic E-state index is 0.333. The highest BCUT2D eigenvalue weighted by Crippen LogP contribution is 2.21. The quantitative estimate of drug-likeness (QED) is 0.814. The molecule has 0 unspecified atom stereocenters. The van der Waals surface area contributed by atoms with Crippen LogP contribution in [0.1, 0.15) is 38.5 Å². The van der Waals surface area contributed by atoms with Gasteiger partial charge in [-0.2, -0.15) is 0 Å². The second kappa shape index (κ2) is 7.10. The molecule has 0 atom stereocenters. The number of rotatable bonds is 4. The molecule has 1 amide bonds. The second-order valence-electron chi connectivity index (χ2n) is 5.65. The summed E-state index contributed by atoms with van der Waals surface area (Å²) in [5, 5.41) is 3.28. The Kier molecular flexibility index (Phi) is 5.45. The van der Waals surface area contributed by atoms with Gasteiger partial charge in [-0.25, -0.2) is 0 Å². The zero-order chi connectivity index (χ0) is 12.8. The lowest BCUT2D eigenvalue weighted by molar-refractivity contribution is -0.132. The Balaban J connectivity index is 1.67. The van der Waals surface area contributed by atoms with Gasteiger partial charge in [0, 0.05) is 45.2 Å². The Morgan fingerprint density at radius 2 is 1.89 bits per heavy atom. The average molecular weight is 253 g/mol. The van der Waals surface area contributed by atoms with Gasteiger partial charge in [0.05, 0.1) is 0 Å². The van der Waals surface area contributed by atoms with Crippen LogP contribution < -0.4 is 5.32 Å². The van der Waals surface area contributed by atoms with Crippen LogP contribution in [-0.2, 0) is 4.79 Å². The van der Waals surface area contributed by atoms with Crippen molar-refractivity contribution in [2.75, 3.05) is 39.8 Å². The van der Waals surface area contributed by atoms with Crippen molar-refractivity contribution >= 4 is 5.91 Å². The molecule has 0 radical (unpaired) electrons. The van der Waals surface area contributed by atoms with E-state index >= 15 is 0 Å². The lowest BCUT2D eigenvalue weighted by Crippen LogP contribution is -2.47. The summed E-state index contributed by atoms with van der Waals surface area (Å²) in [4.78, 5) is 16.5. The molecule has 1 N–H and O–H groups in total. The summed E-state index contributed by atoms with van der Waals surface area (Å²) >= 11 is 0. The minimum absolute atomic E-state index is 0.333. The SMILES string of the molecule is CN(CCC(=O)N1CCNCC1)C1CCCCC1. The summed E-state index contributed by atoms with van der Waals surface area (Å²) in [6.07, 6.45) is 7.44. The summed E-state index contributed by atoms with van der Waals surface area (Å²) in [7, 11) is 2.18. The fourth-order valence-corrected chi connectivity index (χ4v) is 3.05. The Bertz CT molecular complexity index is 258. The van der Waals surface area contributed by atoms with Crippen molar-refractivity contribution in [3.05, 3.63) is 0 Å². The molecule has 1 saturated carbocycles. The number of piperazine rings is 1. The highest BCUT2D eigenvalue weighted by Gasteiger charge is 2.20. The number of carbonyl (C=O) groups is 1. The molecule has 18 heavy (non-hydrogen) atoms. The maximum absolute atomic E-state index is 12.1. The fourth-order valence-electron chi connectivity index (χ4n) is 3.05. The Hall–Kier alpha value is -0.610. The van der Waals surface area contributed by atoms with E-state index in [-0.39, 0.29) is 0 Å². The first-order valence-corrected chi connectivity index (χ1v) is 7.46. The molecule has 4 heteroatoms. The maximum atomic E-state index is 12.1. The average Bonchev–Trinajstić information content (AvgIpc) is 2.46. The predicted molar refractivity (Wildman–Crippen MR) is 73.6 cm³/mol. The minimum Gasteiger partial charge on any atom is -0.340 e. The Morgan fingerprint density at radius 3 is 2.56 bits per heavy atom. The molecule has 4 nitrogen and oxygen atoms in total. The van der Waals surface area contributed by atoms with Crippen molar-refractivity contribution in [3.63, 3.8) is 0 Å². The summed E-state index contributed by atoms with van der Waals surface area (Å²) in [5.41, 5.74) is 0. The van der Waals surface area contributed by atoms with Gasteiger partial charge in [-0.05, 0) is 19.9 Å². The fraction of sp³-hybridized carbons (Fsp3) is 0.929. The number of hydrogen-bond donors (Lipinski definition) is 1. The molecule has 0 aromatic rings. The van der Waals surface area contributed by atoms with Crippen LogP contribution in [0.3, 0.4) is 0 Å². The summed E-state index contributed by atoms with van der Waals surface area (Å²) in [5.74, 6) is 0.333. The third kappa shape index (κ3) is 3.95. The van der Waals surface area contributed by atoms with Gasteiger partial charge < -0.3 is 15.1 Å². The van der Waals surface area contributed by atoms with E-state index in [0.29, 0.717) is 12.3 Å². The smallest absolute Gasteiger partial charge is 0.223 e. The van der Waals surface area contributed by atoms with Crippen LogP contribution in [0, 0.1) is 0 Å². The number of nitrogens with one attached hydrogen (secondary N) is 1. The zero-order valence-electron chi connectivity index (χ0n) is 11.7. The number of carbonyl (C=O) groups excluding carboxylic acids is 1. The van der Waals surface area contributed by atoms with Crippen LogP contribution in [0.5, 0.6) is 0 Å². The van der Waals surface area contributed by atoms with Gasteiger partial charge in [-0.15, -0.1) is 0 Å². The Labute approximate surface area is 111 Å². The maximum Gasteiger partial charge on any atom is 0.223 e. The van der Waals surface area contributed by atoms with E-state index in [0.717, 1.165) is 38.8 Å². The van der Waals surface area contributed by atoms with Crippen molar-refractivity contribution in [2.45, 2.75) is 44.6 Å². The van der Waals surface area contributed by atoms with E-state index in [9.17, 15) is 4.79 Å². The standard InChI is InChI=1S/C14H27N3O/c1-16(13-5-3-2-4-6-13)10-7-14(18)17-11-8-15-9-12-17/h13,15H,2-12H2,1H3. The zero-order valence-corrected chi connectivity index (χ0v) is 11.7. The van der Waals surface area contributed by atoms with Crippen molar-refractivity contribution in [1.82, 2.24) is 15.1 Å². The molecule has 2 fully saturated rings.